The highest BCUT2D eigenvalue weighted by Crippen LogP contribution is 2.45. The zero-order valence-corrected chi connectivity index (χ0v) is 29.4. The van der Waals surface area contributed by atoms with Crippen LogP contribution in [0.15, 0.2) is 173 Å². The molecular weight excluding hydrogens is 657 g/mol. The molecule has 2 heterocycles. The fourth-order valence-electron chi connectivity index (χ4n) is 9.26. The number of furan rings is 2. The van der Waals surface area contributed by atoms with Gasteiger partial charge in [0.15, 0.2) is 0 Å². The van der Waals surface area contributed by atoms with E-state index in [0.29, 0.717) is 0 Å². The van der Waals surface area contributed by atoms with Crippen LogP contribution in [0.5, 0.6) is 0 Å². The van der Waals surface area contributed by atoms with Crippen molar-refractivity contribution in [1.82, 2.24) is 0 Å². The van der Waals surface area contributed by atoms with E-state index in [0.717, 1.165) is 51.9 Å². The Labute approximate surface area is 311 Å². The van der Waals surface area contributed by atoms with E-state index in [1.165, 1.54) is 81.7 Å². The minimum absolute atomic E-state index is 0.901. The van der Waals surface area contributed by atoms with E-state index in [9.17, 15) is 0 Å². The van der Waals surface area contributed by atoms with Gasteiger partial charge in [-0.1, -0.05) is 121 Å². The smallest absolute Gasteiger partial charge is 0.136 e. The largest absolute Gasteiger partial charge is 0.456 e. The van der Waals surface area contributed by atoms with Crippen molar-refractivity contribution in [3.8, 4) is 33.4 Å². The Balaban J connectivity index is 0.977. The van der Waals surface area contributed by atoms with Gasteiger partial charge in [-0.3, -0.25) is 0 Å². The first-order chi connectivity index (χ1) is 26.8. The molecule has 0 unspecified atom stereocenters. The van der Waals surface area contributed by atoms with Gasteiger partial charge in [-0.25, -0.2) is 0 Å². The highest BCUT2D eigenvalue weighted by Gasteiger charge is 2.20. The number of fused-ring (bicyclic) bond motifs is 12. The third-order valence-electron chi connectivity index (χ3n) is 11.7. The monoisotopic (exact) mass is 688 g/mol. The Morgan fingerprint density at radius 1 is 0.370 bits per heavy atom. The first-order valence-electron chi connectivity index (χ1n) is 18.8. The first kappa shape index (κ1) is 29.7. The number of rotatable bonds is 3. The van der Waals surface area contributed by atoms with Gasteiger partial charge < -0.3 is 8.83 Å². The Morgan fingerprint density at radius 2 is 0.944 bits per heavy atom. The van der Waals surface area contributed by atoms with E-state index in [1.807, 2.05) is 0 Å². The molecule has 0 atom stereocenters. The molecule has 1 aliphatic rings. The summed E-state index contributed by atoms with van der Waals surface area (Å²) >= 11 is 0. The van der Waals surface area contributed by atoms with Crippen molar-refractivity contribution in [2.75, 3.05) is 0 Å². The number of hydrogen-bond acceptors (Lipinski definition) is 2. The van der Waals surface area contributed by atoms with Crippen LogP contribution in [-0.4, -0.2) is 0 Å². The van der Waals surface area contributed by atoms with Gasteiger partial charge >= 0.3 is 0 Å². The first-order valence-corrected chi connectivity index (χ1v) is 18.8. The van der Waals surface area contributed by atoms with E-state index in [-0.39, 0.29) is 0 Å². The van der Waals surface area contributed by atoms with Crippen molar-refractivity contribution in [2.45, 2.75) is 12.8 Å². The number of benzene rings is 9. The van der Waals surface area contributed by atoms with Crippen LogP contribution in [0.1, 0.15) is 17.7 Å². The standard InChI is InChI=1S/C52H32O2/c1-2-10-34-29-36(22-19-31(34)9-1)50-39-13-5-3-11-37(39)49(38-12-4-6-14-40(38)50)33-20-17-32(18-21-33)35-23-24-44-48(30-35)54-47-28-26-41-42(52(44)47)25-27-46-51(41)43-15-7-8-16-45(43)53-46/h1-6,8-14,16-30H,7,15H2. The summed E-state index contributed by atoms with van der Waals surface area (Å²) < 4.78 is 12.8. The maximum absolute atomic E-state index is 6.56. The summed E-state index contributed by atoms with van der Waals surface area (Å²) in [5.74, 6) is 0.996. The molecule has 2 heteroatoms. The van der Waals surface area contributed by atoms with E-state index in [1.54, 1.807) is 0 Å². The molecule has 11 aromatic rings. The van der Waals surface area contributed by atoms with Crippen LogP contribution in [-0.2, 0) is 6.42 Å². The minimum Gasteiger partial charge on any atom is -0.456 e. The molecule has 0 bridgehead atoms. The molecule has 0 fully saturated rings. The maximum atomic E-state index is 6.56. The molecule has 1 aliphatic carbocycles. The molecule has 252 valence electrons. The zero-order valence-electron chi connectivity index (χ0n) is 29.4. The molecule has 0 saturated carbocycles. The second kappa shape index (κ2) is 11.3. The second-order valence-corrected chi connectivity index (χ2v) is 14.7. The average Bonchev–Trinajstić information content (AvgIpc) is 3.81. The molecule has 0 amide bonds. The highest BCUT2D eigenvalue weighted by atomic mass is 16.3. The van der Waals surface area contributed by atoms with Gasteiger partial charge in [0.25, 0.3) is 0 Å². The molecule has 0 spiro atoms. The lowest BCUT2D eigenvalue weighted by Crippen LogP contribution is -1.91. The summed E-state index contributed by atoms with van der Waals surface area (Å²) in [6, 6.07) is 57.6. The Kier molecular flexibility index (Phi) is 6.20. The SMILES string of the molecule is C1=Cc2oc3ccc4c(ccc5oc6cc(-c7ccc(-c8c9ccccc9c(-c9ccc%10ccccc%10c9)c9ccccc89)cc7)ccc6c54)c3c2CC1. The van der Waals surface area contributed by atoms with E-state index in [4.69, 9.17) is 8.83 Å². The molecule has 0 N–H and O–H groups in total. The summed E-state index contributed by atoms with van der Waals surface area (Å²) in [6.45, 7) is 0. The van der Waals surface area contributed by atoms with Gasteiger partial charge in [0, 0.05) is 21.7 Å². The molecule has 2 nitrogen and oxygen atoms in total. The topological polar surface area (TPSA) is 26.3 Å². The van der Waals surface area contributed by atoms with Gasteiger partial charge in [-0.05, 0) is 138 Å². The van der Waals surface area contributed by atoms with Crippen LogP contribution >= 0.6 is 0 Å². The Hall–Kier alpha value is -6.90. The lowest BCUT2D eigenvalue weighted by Gasteiger charge is -2.18. The zero-order chi connectivity index (χ0) is 35.3. The van der Waals surface area contributed by atoms with Crippen molar-refractivity contribution >= 4 is 82.1 Å². The minimum atomic E-state index is 0.901. The van der Waals surface area contributed by atoms with Gasteiger partial charge in [0.1, 0.15) is 22.5 Å². The predicted octanol–water partition coefficient (Wildman–Crippen LogP) is 14.9. The highest BCUT2D eigenvalue weighted by molar-refractivity contribution is 6.25. The van der Waals surface area contributed by atoms with Crippen LogP contribution in [0.3, 0.4) is 0 Å². The van der Waals surface area contributed by atoms with E-state index < -0.39 is 0 Å². The fourth-order valence-corrected chi connectivity index (χ4v) is 9.26. The summed E-state index contributed by atoms with van der Waals surface area (Å²) in [7, 11) is 0. The van der Waals surface area contributed by atoms with Crippen LogP contribution < -0.4 is 0 Å². The summed E-state index contributed by atoms with van der Waals surface area (Å²) in [6.07, 6.45) is 6.38. The van der Waals surface area contributed by atoms with Crippen molar-refractivity contribution in [2.24, 2.45) is 0 Å². The van der Waals surface area contributed by atoms with Crippen molar-refractivity contribution in [1.29, 1.82) is 0 Å². The Bertz CT molecular complexity index is 3310. The molecule has 0 saturated heterocycles. The van der Waals surface area contributed by atoms with E-state index in [2.05, 4.69) is 170 Å². The average molecular weight is 689 g/mol. The van der Waals surface area contributed by atoms with Crippen LogP contribution in [0.25, 0.3) is 115 Å². The van der Waals surface area contributed by atoms with Crippen molar-refractivity contribution in [3.05, 3.63) is 175 Å². The van der Waals surface area contributed by atoms with Crippen molar-refractivity contribution < 1.29 is 8.83 Å². The molecule has 0 aliphatic heterocycles. The number of aryl methyl sites for hydroxylation is 1. The molecule has 54 heavy (non-hydrogen) atoms. The Morgan fingerprint density at radius 3 is 1.69 bits per heavy atom. The van der Waals surface area contributed by atoms with E-state index >= 15 is 0 Å². The molecule has 2 aromatic heterocycles. The van der Waals surface area contributed by atoms with Gasteiger partial charge in [0.2, 0.25) is 0 Å². The second-order valence-electron chi connectivity index (χ2n) is 14.7. The summed E-state index contributed by atoms with van der Waals surface area (Å²) in [4.78, 5) is 0. The van der Waals surface area contributed by atoms with Gasteiger partial charge in [0.05, 0.1) is 0 Å². The number of allylic oxidation sites excluding steroid dienone is 1. The van der Waals surface area contributed by atoms with Crippen LogP contribution in [0.2, 0.25) is 0 Å². The lowest BCUT2D eigenvalue weighted by atomic mass is 9.85. The van der Waals surface area contributed by atoms with Crippen LogP contribution in [0, 0.1) is 0 Å². The lowest BCUT2D eigenvalue weighted by molar-refractivity contribution is 0.595. The molecule has 12 rings (SSSR count). The third kappa shape index (κ3) is 4.28. The molecular formula is C52H32O2. The summed E-state index contributed by atoms with van der Waals surface area (Å²) in [5.41, 5.74) is 11.4. The quantitative estimate of drug-likeness (QED) is 0.173. The third-order valence-corrected chi connectivity index (χ3v) is 11.7. The van der Waals surface area contributed by atoms with Gasteiger partial charge in [-0.15, -0.1) is 0 Å². The summed E-state index contributed by atoms with van der Waals surface area (Å²) in [5, 5.41) is 13.5. The fraction of sp³-hybridized carbons (Fsp3) is 0.0385. The number of hydrogen-bond donors (Lipinski definition) is 0. The molecule has 9 aromatic carbocycles. The van der Waals surface area contributed by atoms with Crippen LogP contribution in [0.4, 0.5) is 0 Å². The maximum Gasteiger partial charge on any atom is 0.136 e. The predicted molar refractivity (Wildman–Crippen MR) is 227 cm³/mol. The normalized spacial score (nSPS) is 13.0. The molecule has 0 radical (unpaired) electrons. The van der Waals surface area contributed by atoms with Gasteiger partial charge in [-0.2, -0.15) is 0 Å². The van der Waals surface area contributed by atoms with Crippen molar-refractivity contribution in [3.63, 3.8) is 0 Å².